The molecule has 1 aliphatic carbocycles. The second-order valence-electron chi connectivity index (χ2n) is 4.02. The van der Waals surface area contributed by atoms with Crippen molar-refractivity contribution in [3.05, 3.63) is 0 Å². The molecule has 0 radical (unpaired) electrons. The van der Waals surface area contributed by atoms with Gasteiger partial charge < -0.3 is 5.32 Å². The van der Waals surface area contributed by atoms with Crippen molar-refractivity contribution >= 4 is 5.78 Å². The van der Waals surface area contributed by atoms with Crippen molar-refractivity contribution < 1.29 is 4.79 Å². The van der Waals surface area contributed by atoms with Gasteiger partial charge in [0.15, 0.2) is 0 Å². The second-order valence-corrected chi connectivity index (χ2v) is 4.02. The quantitative estimate of drug-likeness (QED) is 0.598. The van der Waals surface area contributed by atoms with E-state index in [1.54, 1.807) is 0 Å². The van der Waals surface area contributed by atoms with Gasteiger partial charge in [-0.1, -0.05) is 0 Å². The van der Waals surface area contributed by atoms with Gasteiger partial charge in [0, 0.05) is 30.8 Å². The van der Waals surface area contributed by atoms with Crippen LogP contribution < -0.4 is 5.32 Å². The number of hydrogen-bond donors (Lipinski definition) is 1. The van der Waals surface area contributed by atoms with Gasteiger partial charge in [-0.05, 0) is 19.3 Å². The lowest BCUT2D eigenvalue weighted by molar-refractivity contribution is -0.126. The van der Waals surface area contributed by atoms with Gasteiger partial charge in [-0.15, -0.1) is 0 Å². The van der Waals surface area contributed by atoms with Crippen LogP contribution in [0.15, 0.2) is 0 Å². The fourth-order valence-corrected chi connectivity index (χ4v) is 2.46. The number of hydrogen-bond acceptors (Lipinski definition) is 3. The van der Waals surface area contributed by atoms with E-state index >= 15 is 0 Å². The molecule has 1 saturated carbocycles. The number of carbonyl (C=O) groups is 1. The molecule has 70 valence electrons. The summed E-state index contributed by atoms with van der Waals surface area (Å²) in [7, 11) is 0. The van der Waals surface area contributed by atoms with Gasteiger partial charge in [-0.2, -0.15) is 5.26 Å². The predicted molar refractivity (Wildman–Crippen MR) is 47.9 cm³/mol. The van der Waals surface area contributed by atoms with Crippen molar-refractivity contribution in [1.82, 2.24) is 5.32 Å². The van der Waals surface area contributed by atoms with E-state index in [4.69, 9.17) is 5.26 Å². The van der Waals surface area contributed by atoms with Gasteiger partial charge in [0.25, 0.3) is 0 Å². The topological polar surface area (TPSA) is 52.9 Å². The summed E-state index contributed by atoms with van der Waals surface area (Å²) in [5, 5.41) is 12.1. The molecule has 3 heteroatoms. The van der Waals surface area contributed by atoms with E-state index in [0.717, 1.165) is 25.8 Å². The lowest BCUT2D eigenvalue weighted by atomic mass is 9.74. The molecule has 0 spiro atoms. The van der Waals surface area contributed by atoms with Crippen LogP contribution >= 0.6 is 0 Å². The van der Waals surface area contributed by atoms with Crippen LogP contribution in [0.2, 0.25) is 0 Å². The molecular weight excluding hydrogens is 164 g/mol. The maximum absolute atomic E-state index is 11.5. The first-order chi connectivity index (χ1) is 6.31. The highest BCUT2D eigenvalue weighted by Crippen LogP contribution is 2.31. The summed E-state index contributed by atoms with van der Waals surface area (Å²) in [5.74, 6) is 0.776. The van der Waals surface area contributed by atoms with Gasteiger partial charge >= 0.3 is 0 Å². The highest BCUT2D eigenvalue weighted by molar-refractivity contribution is 5.82. The van der Waals surface area contributed by atoms with Crippen molar-refractivity contribution in [3.63, 3.8) is 0 Å². The van der Waals surface area contributed by atoms with E-state index in [0.29, 0.717) is 18.2 Å². The van der Waals surface area contributed by atoms with Gasteiger partial charge in [0.1, 0.15) is 5.78 Å². The third-order valence-electron chi connectivity index (χ3n) is 3.22. The summed E-state index contributed by atoms with van der Waals surface area (Å²) in [6, 6.07) is 2.59. The number of carbonyl (C=O) groups excluding carboxylic acids is 1. The molecule has 0 amide bonds. The first-order valence-electron chi connectivity index (χ1n) is 4.97. The average Bonchev–Trinajstić information content (AvgIpc) is 2.18. The normalized spacial score (nSPS) is 39.3. The van der Waals surface area contributed by atoms with Crippen LogP contribution in [0, 0.1) is 23.2 Å². The van der Waals surface area contributed by atoms with E-state index in [-0.39, 0.29) is 11.8 Å². The van der Waals surface area contributed by atoms with Crippen molar-refractivity contribution in [3.8, 4) is 6.07 Å². The number of rotatable bonds is 0. The number of nitriles is 1. The third-order valence-corrected chi connectivity index (χ3v) is 3.22. The minimum Gasteiger partial charge on any atom is -0.313 e. The Morgan fingerprint density at radius 2 is 2.31 bits per heavy atom. The van der Waals surface area contributed by atoms with Crippen LogP contribution in [0.4, 0.5) is 0 Å². The van der Waals surface area contributed by atoms with E-state index in [9.17, 15) is 4.79 Å². The molecule has 13 heavy (non-hydrogen) atoms. The molecule has 1 heterocycles. The molecule has 0 aromatic carbocycles. The summed E-state index contributed by atoms with van der Waals surface area (Å²) in [6.07, 6.45) is 3.37. The Balaban J connectivity index is 2.04. The summed E-state index contributed by atoms with van der Waals surface area (Å²) < 4.78 is 0. The number of nitrogens with one attached hydrogen (secondary N) is 1. The zero-order valence-corrected chi connectivity index (χ0v) is 7.62. The Morgan fingerprint density at radius 3 is 3.08 bits per heavy atom. The maximum Gasteiger partial charge on any atom is 0.138 e. The lowest BCUT2D eigenvalue weighted by Gasteiger charge is -2.36. The van der Waals surface area contributed by atoms with Gasteiger partial charge in [0.05, 0.1) is 6.07 Å². The Hall–Kier alpha value is -0.880. The van der Waals surface area contributed by atoms with Crippen molar-refractivity contribution in [2.24, 2.45) is 11.8 Å². The molecule has 2 aliphatic rings. The van der Waals surface area contributed by atoms with E-state index < -0.39 is 0 Å². The molecule has 0 aromatic heterocycles. The molecule has 1 N–H and O–H groups in total. The lowest BCUT2D eigenvalue weighted by Crippen LogP contribution is -2.49. The Kier molecular flexibility index (Phi) is 2.32. The van der Waals surface area contributed by atoms with Gasteiger partial charge in [-0.25, -0.2) is 0 Å². The fourth-order valence-electron chi connectivity index (χ4n) is 2.46. The monoisotopic (exact) mass is 178 g/mol. The molecule has 3 nitrogen and oxygen atoms in total. The van der Waals surface area contributed by atoms with E-state index in [1.165, 1.54) is 0 Å². The molecule has 3 unspecified atom stereocenters. The molecule has 2 rings (SSSR count). The molecule has 2 fully saturated rings. The van der Waals surface area contributed by atoms with Gasteiger partial charge in [-0.3, -0.25) is 4.79 Å². The molecule has 1 aliphatic heterocycles. The van der Waals surface area contributed by atoms with Crippen molar-refractivity contribution in [1.29, 1.82) is 5.26 Å². The molecule has 0 bridgehead atoms. The minimum atomic E-state index is 0.166. The van der Waals surface area contributed by atoms with Crippen LogP contribution in [0.1, 0.15) is 25.7 Å². The third kappa shape index (κ3) is 1.59. The van der Waals surface area contributed by atoms with Crippen LogP contribution in [-0.4, -0.2) is 18.4 Å². The molecular formula is C10H14N2O. The van der Waals surface area contributed by atoms with Crippen molar-refractivity contribution in [2.75, 3.05) is 6.54 Å². The standard InChI is InChI=1S/C10H14N2O/c11-6-7-1-2-8-9(5-7)12-4-3-10(8)13/h7-9,12H,1-5H2. The average molecular weight is 178 g/mol. The maximum atomic E-state index is 11.5. The summed E-state index contributed by atoms with van der Waals surface area (Å²) >= 11 is 0. The Labute approximate surface area is 78.1 Å². The van der Waals surface area contributed by atoms with Crippen molar-refractivity contribution in [2.45, 2.75) is 31.7 Å². The van der Waals surface area contributed by atoms with Crippen LogP contribution in [0.3, 0.4) is 0 Å². The molecule has 1 saturated heterocycles. The minimum absolute atomic E-state index is 0.166. The summed E-state index contributed by atoms with van der Waals surface area (Å²) in [6.45, 7) is 0.804. The predicted octanol–water partition coefficient (Wildman–Crippen LogP) is 0.857. The summed E-state index contributed by atoms with van der Waals surface area (Å²) in [4.78, 5) is 11.5. The Bertz CT molecular complexity index is 256. The number of fused-ring (bicyclic) bond motifs is 1. The number of ketones is 1. The SMILES string of the molecule is N#CC1CCC2C(=O)CCNC2C1. The highest BCUT2D eigenvalue weighted by Gasteiger charge is 2.36. The van der Waals surface area contributed by atoms with E-state index in [2.05, 4.69) is 11.4 Å². The largest absolute Gasteiger partial charge is 0.313 e. The number of piperidine rings is 1. The molecule has 0 aromatic rings. The highest BCUT2D eigenvalue weighted by atomic mass is 16.1. The molecule has 3 atom stereocenters. The van der Waals surface area contributed by atoms with Gasteiger partial charge in [0.2, 0.25) is 0 Å². The van der Waals surface area contributed by atoms with E-state index in [1.807, 2.05) is 0 Å². The number of nitrogens with zero attached hydrogens (tertiary/aromatic N) is 1. The first-order valence-corrected chi connectivity index (χ1v) is 4.97. The zero-order chi connectivity index (χ0) is 9.26. The Morgan fingerprint density at radius 1 is 1.46 bits per heavy atom. The number of Topliss-reactive ketones (excluding diaryl/α,β-unsaturated/α-hetero) is 1. The van der Waals surface area contributed by atoms with Crippen LogP contribution in [0.25, 0.3) is 0 Å². The fraction of sp³-hybridized carbons (Fsp3) is 0.800. The smallest absolute Gasteiger partial charge is 0.138 e. The summed E-state index contributed by atoms with van der Waals surface area (Å²) in [5.41, 5.74) is 0. The zero-order valence-electron chi connectivity index (χ0n) is 7.62. The van der Waals surface area contributed by atoms with Crippen LogP contribution in [-0.2, 0) is 4.79 Å². The van der Waals surface area contributed by atoms with Crippen LogP contribution in [0.5, 0.6) is 0 Å². The first kappa shape index (κ1) is 8.71. The second kappa shape index (κ2) is 3.47.